The number of hydrogen-bond donors (Lipinski definition) is 1. The summed E-state index contributed by atoms with van der Waals surface area (Å²) in [5.74, 6) is 0.277. The fraction of sp³-hybridized carbons (Fsp3) is 0.222. The Bertz CT molecular complexity index is 1170. The van der Waals surface area contributed by atoms with Gasteiger partial charge in [-0.05, 0) is 50.2 Å². The quantitative estimate of drug-likeness (QED) is 0.456. The number of nitrogens with zero attached hydrogens (tertiary/aromatic N) is 3. The molecule has 0 aliphatic heterocycles. The summed E-state index contributed by atoms with van der Waals surface area (Å²) in [5, 5.41) is 8.14. The van der Waals surface area contributed by atoms with E-state index < -0.39 is 21.9 Å². The van der Waals surface area contributed by atoms with Gasteiger partial charge in [-0.25, -0.2) is 17.5 Å². The minimum atomic E-state index is -4.05. The summed E-state index contributed by atoms with van der Waals surface area (Å²) in [6.07, 6.45) is 0. The van der Waals surface area contributed by atoms with Crippen LogP contribution in [-0.4, -0.2) is 23.2 Å². The van der Waals surface area contributed by atoms with Crippen molar-refractivity contribution in [2.75, 3.05) is 0 Å². The molecule has 0 aliphatic rings. The summed E-state index contributed by atoms with van der Waals surface area (Å²) in [4.78, 5) is -0.212. The third-order valence-corrected chi connectivity index (χ3v) is 6.80. The number of aromatic nitrogens is 3. The third-order valence-electron chi connectivity index (χ3n) is 4.07. The van der Waals surface area contributed by atoms with Crippen LogP contribution < -0.4 is 9.46 Å². The fourth-order valence-electron chi connectivity index (χ4n) is 2.66. The first-order valence-corrected chi connectivity index (χ1v) is 11.3. The maximum atomic E-state index is 13.1. The number of ether oxygens (including phenoxy) is 1. The van der Waals surface area contributed by atoms with Crippen LogP contribution in [0.4, 0.5) is 4.39 Å². The molecule has 1 heterocycles. The van der Waals surface area contributed by atoms with E-state index in [1.165, 1.54) is 36.4 Å². The van der Waals surface area contributed by atoms with Crippen molar-refractivity contribution in [3.05, 3.63) is 63.1 Å². The zero-order chi connectivity index (χ0) is 22.1. The molecular weight excluding hydrogens is 478 g/mol. The average molecular weight is 494 g/mol. The first-order chi connectivity index (χ1) is 14.1. The van der Waals surface area contributed by atoms with Crippen LogP contribution in [0.2, 0.25) is 15.1 Å². The van der Waals surface area contributed by atoms with Crippen molar-refractivity contribution in [3.8, 4) is 11.8 Å². The van der Waals surface area contributed by atoms with Crippen LogP contribution in [0.5, 0.6) is 11.8 Å². The maximum absolute atomic E-state index is 13.1. The summed E-state index contributed by atoms with van der Waals surface area (Å²) in [6.45, 7) is 3.82. The highest BCUT2D eigenvalue weighted by molar-refractivity contribution is 7.89. The lowest BCUT2D eigenvalue weighted by molar-refractivity contribution is 0.407. The fourth-order valence-corrected chi connectivity index (χ4v) is 4.86. The molecule has 3 rings (SSSR count). The van der Waals surface area contributed by atoms with Gasteiger partial charge in [-0.1, -0.05) is 39.9 Å². The first-order valence-electron chi connectivity index (χ1n) is 8.65. The lowest BCUT2D eigenvalue weighted by Crippen LogP contribution is -2.29. The number of benzene rings is 2. The zero-order valence-electron chi connectivity index (χ0n) is 15.7. The van der Waals surface area contributed by atoms with Gasteiger partial charge in [0.05, 0.1) is 21.1 Å². The van der Waals surface area contributed by atoms with Crippen molar-refractivity contribution < 1.29 is 17.5 Å². The molecule has 1 aromatic heterocycles. The Kier molecular flexibility index (Phi) is 6.88. The Morgan fingerprint density at radius 3 is 2.37 bits per heavy atom. The second-order valence-electron chi connectivity index (χ2n) is 6.18. The molecule has 1 atom stereocenters. The number of rotatable bonds is 7. The smallest absolute Gasteiger partial charge is 0.322 e. The lowest BCUT2D eigenvalue weighted by atomic mass is 10.3. The highest BCUT2D eigenvalue weighted by Crippen LogP contribution is 2.32. The van der Waals surface area contributed by atoms with Gasteiger partial charge in [0.25, 0.3) is 0 Å². The Morgan fingerprint density at radius 1 is 1.10 bits per heavy atom. The molecule has 160 valence electrons. The number of nitrogens with one attached hydrogen (secondary N) is 1. The molecule has 0 unspecified atom stereocenters. The van der Waals surface area contributed by atoms with Crippen molar-refractivity contribution >= 4 is 44.8 Å². The van der Waals surface area contributed by atoms with E-state index in [4.69, 9.17) is 39.5 Å². The van der Waals surface area contributed by atoms with E-state index in [1.807, 2.05) is 6.92 Å². The van der Waals surface area contributed by atoms with Crippen LogP contribution in [0.1, 0.15) is 25.7 Å². The summed E-state index contributed by atoms with van der Waals surface area (Å²) in [6, 6.07) is 7.19. The second kappa shape index (κ2) is 9.07. The molecular formula is C18H16Cl3FN4O3S. The third kappa shape index (κ3) is 4.87. The Morgan fingerprint density at radius 2 is 1.73 bits per heavy atom. The van der Waals surface area contributed by atoms with E-state index in [0.717, 1.165) is 0 Å². The predicted octanol–water partition coefficient (Wildman–Crippen LogP) is 5.23. The van der Waals surface area contributed by atoms with Crippen molar-refractivity contribution in [1.29, 1.82) is 0 Å². The maximum Gasteiger partial charge on any atom is 0.322 e. The topological polar surface area (TPSA) is 86.1 Å². The van der Waals surface area contributed by atoms with E-state index in [9.17, 15) is 12.8 Å². The molecule has 0 radical (unpaired) electrons. The van der Waals surface area contributed by atoms with Crippen molar-refractivity contribution in [2.45, 2.75) is 31.3 Å². The molecule has 0 bridgehead atoms. The molecule has 0 fully saturated rings. The lowest BCUT2D eigenvalue weighted by Gasteiger charge is -2.16. The summed E-state index contributed by atoms with van der Waals surface area (Å²) < 4.78 is 48.4. The molecule has 0 saturated carbocycles. The van der Waals surface area contributed by atoms with Gasteiger partial charge in [0.15, 0.2) is 5.82 Å². The van der Waals surface area contributed by atoms with Crippen LogP contribution in [0.15, 0.2) is 41.3 Å². The SMILES string of the molecule is CCn1c(Oc2ccc(F)cc2)nnc1[C@@H](C)NS(=O)(=O)c1cc(Cl)c(Cl)cc1Cl. The van der Waals surface area contributed by atoms with Gasteiger partial charge in [-0.15, -0.1) is 5.10 Å². The summed E-state index contributed by atoms with van der Waals surface area (Å²) in [5.41, 5.74) is 0. The Labute approximate surface area is 187 Å². The Balaban J connectivity index is 1.86. The van der Waals surface area contributed by atoms with E-state index in [1.54, 1.807) is 11.5 Å². The Hall–Kier alpha value is -1.91. The molecule has 0 spiro atoms. The van der Waals surface area contributed by atoms with Crippen LogP contribution in [0.3, 0.4) is 0 Å². The van der Waals surface area contributed by atoms with Crippen molar-refractivity contribution in [1.82, 2.24) is 19.5 Å². The van der Waals surface area contributed by atoms with Crippen molar-refractivity contribution in [2.24, 2.45) is 0 Å². The summed E-state index contributed by atoms with van der Waals surface area (Å²) >= 11 is 17.8. The number of hydrogen-bond acceptors (Lipinski definition) is 5. The monoisotopic (exact) mass is 492 g/mol. The van der Waals surface area contributed by atoms with Crippen LogP contribution in [0, 0.1) is 5.82 Å². The zero-order valence-corrected chi connectivity index (χ0v) is 18.8. The standard InChI is InChI=1S/C18H16Cl3FN4O3S/c1-3-26-17(23-24-18(26)29-12-6-4-11(22)5-7-12)10(2)25-30(27,28)16-9-14(20)13(19)8-15(16)21/h4-10,25H,3H2,1-2H3/t10-/m1/s1. The van der Waals surface area contributed by atoms with E-state index in [2.05, 4.69) is 14.9 Å². The van der Waals surface area contributed by atoms with E-state index >= 15 is 0 Å². The van der Waals surface area contributed by atoms with Crippen LogP contribution in [-0.2, 0) is 16.6 Å². The van der Waals surface area contributed by atoms with Crippen LogP contribution in [0.25, 0.3) is 0 Å². The van der Waals surface area contributed by atoms with Gasteiger partial charge in [0, 0.05) is 6.54 Å². The molecule has 0 saturated heterocycles. The molecule has 2 aromatic carbocycles. The largest absolute Gasteiger partial charge is 0.424 e. The molecule has 12 heteroatoms. The van der Waals surface area contributed by atoms with Gasteiger partial charge in [-0.3, -0.25) is 4.57 Å². The predicted molar refractivity (Wildman–Crippen MR) is 112 cm³/mol. The average Bonchev–Trinajstić information content (AvgIpc) is 3.08. The van der Waals surface area contributed by atoms with Gasteiger partial charge in [0.1, 0.15) is 16.5 Å². The minimum Gasteiger partial charge on any atom is -0.424 e. The highest BCUT2D eigenvalue weighted by atomic mass is 35.5. The van der Waals surface area contributed by atoms with E-state index in [0.29, 0.717) is 18.1 Å². The molecule has 30 heavy (non-hydrogen) atoms. The molecule has 0 amide bonds. The highest BCUT2D eigenvalue weighted by Gasteiger charge is 2.26. The van der Waals surface area contributed by atoms with Gasteiger partial charge >= 0.3 is 6.01 Å². The minimum absolute atomic E-state index is 0.0563. The molecule has 0 aliphatic carbocycles. The number of sulfonamides is 1. The number of halogens is 4. The summed E-state index contributed by atoms with van der Waals surface area (Å²) in [7, 11) is -4.05. The molecule has 7 nitrogen and oxygen atoms in total. The molecule has 1 N–H and O–H groups in total. The van der Waals surface area contributed by atoms with Gasteiger partial charge in [-0.2, -0.15) is 0 Å². The van der Waals surface area contributed by atoms with Crippen LogP contribution >= 0.6 is 34.8 Å². The normalized spacial score (nSPS) is 12.7. The van der Waals surface area contributed by atoms with Crippen molar-refractivity contribution in [3.63, 3.8) is 0 Å². The first kappa shape index (κ1) is 22.8. The van der Waals surface area contributed by atoms with Gasteiger partial charge < -0.3 is 4.74 Å². The second-order valence-corrected chi connectivity index (χ2v) is 9.08. The molecule has 3 aromatic rings. The van der Waals surface area contributed by atoms with E-state index in [-0.39, 0.29) is 26.0 Å². The van der Waals surface area contributed by atoms with Gasteiger partial charge in [0.2, 0.25) is 10.0 Å².